The normalized spacial score (nSPS) is 32.4. The van der Waals surface area contributed by atoms with Gasteiger partial charge in [-0.25, -0.2) is 5.10 Å². The second kappa shape index (κ2) is 4.93. The molecule has 0 radical (unpaired) electrons. The smallest absolute Gasteiger partial charge is 0.216 e. The number of allylic oxidation sites excluding steroid dienone is 1. The topological polar surface area (TPSA) is 87.8 Å². The molecule has 1 saturated carbocycles. The summed E-state index contributed by atoms with van der Waals surface area (Å²) in [5.74, 6) is 0.781. The number of aromatic nitrogens is 3. The number of aliphatic hydroxyl groups is 1. The Morgan fingerprint density at radius 3 is 2.94 bits per heavy atom. The van der Waals surface area contributed by atoms with Crippen molar-refractivity contribution in [3.63, 3.8) is 0 Å². The van der Waals surface area contributed by atoms with Crippen LogP contribution in [-0.2, 0) is 0 Å². The molecule has 0 amide bonds. The first kappa shape index (κ1) is 13.4. The maximum atomic E-state index is 10.5. The van der Waals surface area contributed by atoms with Crippen molar-refractivity contribution in [1.82, 2.24) is 15.2 Å². The van der Waals surface area contributed by atoms with Crippen molar-refractivity contribution in [2.75, 3.05) is 5.73 Å². The lowest BCUT2D eigenvalue weighted by Gasteiger charge is -2.40. The molecule has 3 atom stereocenters. The Morgan fingerprint density at radius 2 is 2.39 bits per heavy atom. The van der Waals surface area contributed by atoms with Gasteiger partial charge in [-0.15, -0.1) is 5.10 Å². The van der Waals surface area contributed by atoms with Crippen molar-refractivity contribution < 1.29 is 5.11 Å². The third-order valence-electron chi connectivity index (χ3n) is 3.62. The number of nitrogens with one attached hydrogen (secondary N) is 1. The van der Waals surface area contributed by atoms with Gasteiger partial charge in [0, 0.05) is 5.25 Å². The van der Waals surface area contributed by atoms with Crippen LogP contribution in [0.1, 0.15) is 33.1 Å². The van der Waals surface area contributed by atoms with Crippen LogP contribution in [0.3, 0.4) is 0 Å². The van der Waals surface area contributed by atoms with Crippen LogP contribution in [0.4, 0.5) is 5.95 Å². The van der Waals surface area contributed by atoms with E-state index in [-0.39, 0.29) is 5.25 Å². The molecule has 4 N–H and O–H groups in total. The first-order valence-electron chi connectivity index (χ1n) is 6.11. The van der Waals surface area contributed by atoms with Crippen LogP contribution in [0.25, 0.3) is 0 Å². The van der Waals surface area contributed by atoms with Gasteiger partial charge < -0.3 is 10.8 Å². The van der Waals surface area contributed by atoms with Crippen LogP contribution in [0, 0.1) is 5.92 Å². The summed E-state index contributed by atoms with van der Waals surface area (Å²) in [5.41, 5.74) is 6.00. The van der Waals surface area contributed by atoms with Crippen LogP contribution in [0.5, 0.6) is 0 Å². The molecule has 1 aliphatic carbocycles. The quantitative estimate of drug-likeness (QED) is 0.729. The fourth-order valence-electron chi connectivity index (χ4n) is 2.32. The van der Waals surface area contributed by atoms with Gasteiger partial charge in [0.15, 0.2) is 0 Å². The zero-order valence-electron chi connectivity index (χ0n) is 10.8. The van der Waals surface area contributed by atoms with Gasteiger partial charge >= 0.3 is 0 Å². The molecule has 2 unspecified atom stereocenters. The first-order valence-corrected chi connectivity index (χ1v) is 6.99. The monoisotopic (exact) mass is 268 g/mol. The molecule has 1 aromatic heterocycles. The lowest BCUT2D eigenvalue weighted by molar-refractivity contribution is 0.0193. The number of aromatic amines is 1. The zero-order valence-corrected chi connectivity index (χ0v) is 11.6. The minimum absolute atomic E-state index is 0.0724. The highest BCUT2D eigenvalue weighted by molar-refractivity contribution is 7.99. The molecule has 18 heavy (non-hydrogen) atoms. The van der Waals surface area contributed by atoms with Crippen LogP contribution in [0.15, 0.2) is 17.3 Å². The van der Waals surface area contributed by atoms with Gasteiger partial charge in [-0.05, 0) is 39.0 Å². The Morgan fingerprint density at radius 1 is 1.67 bits per heavy atom. The highest BCUT2D eigenvalue weighted by Gasteiger charge is 2.39. The number of nitrogens with zero attached hydrogens (tertiary/aromatic N) is 2. The lowest BCUT2D eigenvalue weighted by Crippen LogP contribution is -2.42. The summed E-state index contributed by atoms with van der Waals surface area (Å²) in [5, 5.41) is 17.8. The van der Waals surface area contributed by atoms with Gasteiger partial charge in [-0.1, -0.05) is 23.9 Å². The lowest BCUT2D eigenvalue weighted by atomic mass is 9.77. The number of hydrogen-bond acceptors (Lipinski definition) is 5. The Labute approximate surface area is 111 Å². The van der Waals surface area contributed by atoms with Gasteiger partial charge in [0.1, 0.15) is 0 Å². The second-order valence-corrected chi connectivity index (χ2v) is 6.45. The van der Waals surface area contributed by atoms with Crippen molar-refractivity contribution in [3.8, 4) is 0 Å². The Hall–Kier alpha value is -1.01. The zero-order chi connectivity index (χ0) is 13.3. The van der Waals surface area contributed by atoms with Gasteiger partial charge in [-0.3, -0.25) is 0 Å². The van der Waals surface area contributed by atoms with Crippen LogP contribution in [0.2, 0.25) is 0 Å². The molecule has 0 bridgehead atoms. The van der Waals surface area contributed by atoms with E-state index in [9.17, 15) is 5.11 Å². The van der Waals surface area contributed by atoms with E-state index in [4.69, 9.17) is 5.73 Å². The highest BCUT2D eigenvalue weighted by Crippen LogP contribution is 2.43. The van der Waals surface area contributed by atoms with E-state index in [0.29, 0.717) is 17.0 Å². The summed E-state index contributed by atoms with van der Waals surface area (Å²) in [6.45, 7) is 7.96. The van der Waals surface area contributed by atoms with E-state index in [1.165, 1.54) is 17.3 Å². The highest BCUT2D eigenvalue weighted by atomic mass is 32.2. The van der Waals surface area contributed by atoms with Crippen LogP contribution >= 0.6 is 11.8 Å². The number of nitrogen functional groups attached to an aromatic ring is 1. The number of thioether (sulfide) groups is 1. The molecule has 0 aliphatic heterocycles. The van der Waals surface area contributed by atoms with E-state index < -0.39 is 5.60 Å². The number of nitrogens with two attached hydrogens (primary N) is 1. The van der Waals surface area contributed by atoms with Crippen molar-refractivity contribution in [1.29, 1.82) is 0 Å². The fourth-order valence-corrected chi connectivity index (χ4v) is 3.52. The third-order valence-corrected chi connectivity index (χ3v) is 5.00. The molecule has 100 valence electrons. The van der Waals surface area contributed by atoms with Crippen molar-refractivity contribution in [2.24, 2.45) is 5.92 Å². The second-order valence-electron chi connectivity index (χ2n) is 5.28. The summed E-state index contributed by atoms with van der Waals surface area (Å²) >= 11 is 1.49. The predicted molar refractivity (Wildman–Crippen MR) is 73.2 cm³/mol. The first-order chi connectivity index (χ1) is 8.38. The molecule has 5 nitrogen and oxygen atoms in total. The maximum Gasteiger partial charge on any atom is 0.216 e. The molecule has 6 heteroatoms. The Bertz CT molecular complexity index is 443. The summed E-state index contributed by atoms with van der Waals surface area (Å²) in [6.07, 6.45) is 2.68. The van der Waals surface area contributed by atoms with Gasteiger partial charge in [0.25, 0.3) is 0 Å². The molecule has 0 spiro atoms. The van der Waals surface area contributed by atoms with Gasteiger partial charge in [0.05, 0.1) is 5.60 Å². The predicted octanol–water partition coefficient (Wildman–Crippen LogP) is 1.97. The number of hydrogen-bond donors (Lipinski definition) is 3. The number of H-pyrrole nitrogens is 1. The maximum absolute atomic E-state index is 10.5. The summed E-state index contributed by atoms with van der Waals surface area (Å²) in [7, 11) is 0. The molecule has 2 rings (SSSR count). The largest absolute Gasteiger partial charge is 0.389 e. The third kappa shape index (κ3) is 2.87. The van der Waals surface area contributed by atoms with E-state index in [1.54, 1.807) is 0 Å². The van der Waals surface area contributed by atoms with E-state index >= 15 is 0 Å². The molecule has 0 saturated heterocycles. The minimum Gasteiger partial charge on any atom is -0.389 e. The average molecular weight is 268 g/mol. The number of anilines is 1. The van der Waals surface area contributed by atoms with Crippen molar-refractivity contribution >= 4 is 17.7 Å². The number of rotatable bonds is 3. The molecular weight excluding hydrogens is 248 g/mol. The molecular formula is C12H20N4OS. The average Bonchev–Trinajstić information content (AvgIpc) is 2.67. The summed E-state index contributed by atoms with van der Waals surface area (Å²) in [6, 6.07) is 0. The van der Waals surface area contributed by atoms with Crippen molar-refractivity contribution in [3.05, 3.63) is 12.2 Å². The fraction of sp³-hybridized carbons (Fsp3) is 0.667. The molecule has 0 aromatic carbocycles. The molecule has 1 fully saturated rings. The minimum atomic E-state index is -0.688. The van der Waals surface area contributed by atoms with E-state index in [1.807, 2.05) is 6.92 Å². The molecule has 1 heterocycles. The van der Waals surface area contributed by atoms with Crippen molar-refractivity contribution in [2.45, 2.75) is 49.1 Å². The van der Waals surface area contributed by atoms with Gasteiger partial charge in [0.2, 0.25) is 11.1 Å². The summed E-state index contributed by atoms with van der Waals surface area (Å²) < 4.78 is 0. The molecule has 1 aromatic rings. The standard InChI is InChI=1S/C12H20N4OS/c1-7(2)8-4-5-12(3,17)9(6-8)18-11-14-10(13)15-16-11/h8-9,17H,1,4-6H2,2-3H3,(H3,13,14,15,16)/t8-,9?,12?/m1/s1. The van der Waals surface area contributed by atoms with Crippen LogP contribution < -0.4 is 5.73 Å². The Balaban J connectivity index is 2.09. The van der Waals surface area contributed by atoms with E-state index in [2.05, 4.69) is 28.7 Å². The van der Waals surface area contributed by atoms with Gasteiger partial charge in [-0.2, -0.15) is 4.98 Å². The van der Waals surface area contributed by atoms with Crippen LogP contribution in [-0.4, -0.2) is 31.1 Å². The molecule has 1 aliphatic rings. The Kier molecular flexibility index (Phi) is 3.68. The van der Waals surface area contributed by atoms with E-state index in [0.717, 1.165) is 19.3 Å². The summed E-state index contributed by atoms with van der Waals surface area (Å²) in [4.78, 5) is 4.08. The SMILES string of the molecule is C=C(C)[C@@H]1CCC(C)(O)C(Sc2n[nH]c(N)n2)C1.